The zero-order valence-corrected chi connectivity index (χ0v) is 25.7. The van der Waals surface area contributed by atoms with Gasteiger partial charge in [0.2, 0.25) is 11.8 Å². The van der Waals surface area contributed by atoms with Crippen molar-refractivity contribution in [2.45, 2.75) is 64.1 Å². The van der Waals surface area contributed by atoms with Crippen molar-refractivity contribution in [3.8, 4) is 5.75 Å². The van der Waals surface area contributed by atoms with Gasteiger partial charge in [-0.2, -0.15) is 0 Å². The van der Waals surface area contributed by atoms with Gasteiger partial charge < -0.3 is 15.0 Å². The van der Waals surface area contributed by atoms with E-state index >= 15 is 0 Å². The van der Waals surface area contributed by atoms with Crippen molar-refractivity contribution in [1.82, 2.24) is 10.2 Å². The highest BCUT2D eigenvalue weighted by Gasteiger charge is 2.34. The van der Waals surface area contributed by atoms with E-state index in [2.05, 4.69) is 5.32 Å². The van der Waals surface area contributed by atoms with Gasteiger partial charge in [-0.25, -0.2) is 8.42 Å². The summed E-state index contributed by atoms with van der Waals surface area (Å²) in [5.74, 6) is -0.220. The van der Waals surface area contributed by atoms with Crippen molar-refractivity contribution in [3.63, 3.8) is 0 Å². The van der Waals surface area contributed by atoms with Gasteiger partial charge in [0.15, 0.2) is 0 Å². The number of halogens is 1. The lowest BCUT2D eigenvalue weighted by molar-refractivity contribution is -0.140. The number of nitrogens with one attached hydrogen (secondary N) is 1. The molecule has 0 aliphatic heterocycles. The number of anilines is 1. The largest absolute Gasteiger partial charge is 0.497 e. The Morgan fingerprint density at radius 3 is 2.32 bits per heavy atom. The maximum absolute atomic E-state index is 14.2. The molecule has 0 saturated carbocycles. The summed E-state index contributed by atoms with van der Waals surface area (Å²) in [7, 11) is -2.62. The maximum atomic E-state index is 14.2. The van der Waals surface area contributed by atoms with Crippen molar-refractivity contribution in [2.24, 2.45) is 0 Å². The van der Waals surface area contributed by atoms with Crippen LogP contribution < -0.4 is 14.4 Å². The smallest absolute Gasteiger partial charge is 0.264 e. The van der Waals surface area contributed by atoms with Gasteiger partial charge >= 0.3 is 0 Å². The third kappa shape index (κ3) is 8.01. The summed E-state index contributed by atoms with van der Waals surface area (Å²) in [6, 6.07) is 19.1. The molecule has 220 valence electrons. The Morgan fingerprint density at radius 2 is 1.68 bits per heavy atom. The van der Waals surface area contributed by atoms with Crippen LogP contribution in [-0.2, 0) is 26.2 Å². The zero-order valence-electron chi connectivity index (χ0n) is 24.1. The van der Waals surface area contributed by atoms with Gasteiger partial charge in [-0.05, 0) is 74.2 Å². The number of carbonyl (C=O) groups excluding carboxylic acids is 2. The van der Waals surface area contributed by atoms with Crippen LogP contribution in [0.1, 0.15) is 44.7 Å². The molecule has 0 aliphatic carbocycles. The van der Waals surface area contributed by atoms with Gasteiger partial charge in [0, 0.05) is 17.6 Å². The Bertz CT molecular complexity index is 1450. The number of amides is 2. The van der Waals surface area contributed by atoms with Crippen LogP contribution in [0.4, 0.5) is 5.69 Å². The summed E-state index contributed by atoms with van der Waals surface area (Å²) in [4.78, 5) is 29.1. The number of ether oxygens (including phenoxy) is 1. The monoisotopic (exact) mass is 599 g/mol. The summed E-state index contributed by atoms with van der Waals surface area (Å²) in [6.45, 7) is 6.99. The highest BCUT2D eigenvalue weighted by molar-refractivity contribution is 7.92. The predicted octanol–water partition coefficient (Wildman–Crippen LogP) is 5.57. The standard InChI is InChI=1S/C31H38ClN3O5S/c1-6-23(4)33-31(37)28(7-2)34(20-24-12-11-13-26(18-24)40-5)30(36)21-35(29-19-25(32)17-16-22(29)3)41(38,39)27-14-9-8-10-15-27/h8-19,23,28H,6-7,20-21H2,1-5H3,(H,33,37). The van der Waals surface area contributed by atoms with Crippen LogP contribution in [0.15, 0.2) is 77.7 Å². The van der Waals surface area contributed by atoms with Crippen LogP contribution >= 0.6 is 11.6 Å². The summed E-state index contributed by atoms with van der Waals surface area (Å²) in [6.07, 6.45) is 1.06. The van der Waals surface area contributed by atoms with Crippen LogP contribution in [0.5, 0.6) is 5.75 Å². The van der Waals surface area contributed by atoms with Crippen LogP contribution in [-0.4, -0.2) is 50.9 Å². The first kappa shape index (κ1) is 32.0. The first-order chi connectivity index (χ1) is 19.5. The molecular weight excluding hydrogens is 562 g/mol. The van der Waals surface area contributed by atoms with Gasteiger partial charge in [0.25, 0.3) is 10.0 Å². The second-order valence-corrected chi connectivity index (χ2v) is 12.2. The molecule has 2 atom stereocenters. The van der Waals surface area contributed by atoms with Crippen molar-refractivity contribution >= 4 is 39.1 Å². The average Bonchev–Trinajstić information content (AvgIpc) is 2.97. The molecule has 10 heteroatoms. The number of carbonyl (C=O) groups is 2. The van der Waals surface area contributed by atoms with E-state index in [-0.39, 0.29) is 29.1 Å². The van der Waals surface area contributed by atoms with Crippen LogP contribution in [0, 0.1) is 6.92 Å². The lowest BCUT2D eigenvalue weighted by atomic mass is 10.1. The number of hydrogen-bond acceptors (Lipinski definition) is 5. The molecule has 2 amide bonds. The number of rotatable bonds is 13. The topological polar surface area (TPSA) is 96.0 Å². The summed E-state index contributed by atoms with van der Waals surface area (Å²) in [5, 5.41) is 3.31. The molecule has 3 aromatic rings. The van der Waals surface area contributed by atoms with Crippen LogP contribution in [0.25, 0.3) is 0 Å². The fraction of sp³-hybridized carbons (Fsp3) is 0.355. The van der Waals surface area contributed by atoms with E-state index < -0.39 is 28.5 Å². The fourth-order valence-corrected chi connectivity index (χ4v) is 6.07. The molecule has 0 saturated heterocycles. The molecule has 0 radical (unpaired) electrons. The molecule has 41 heavy (non-hydrogen) atoms. The minimum absolute atomic E-state index is 0.0353. The van der Waals surface area contributed by atoms with Crippen LogP contribution in [0.3, 0.4) is 0 Å². The molecule has 8 nitrogen and oxygen atoms in total. The fourth-order valence-electron chi connectivity index (χ4n) is 4.41. The van der Waals surface area contributed by atoms with E-state index in [1.54, 1.807) is 62.6 Å². The number of methoxy groups -OCH3 is 1. The third-order valence-electron chi connectivity index (χ3n) is 6.92. The first-order valence-electron chi connectivity index (χ1n) is 13.6. The summed E-state index contributed by atoms with van der Waals surface area (Å²) >= 11 is 6.29. The van der Waals surface area contributed by atoms with E-state index in [4.69, 9.17) is 16.3 Å². The van der Waals surface area contributed by atoms with E-state index in [0.717, 1.165) is 16.3 Å². The molecule has 1 N–H and O–H groups in total. The minimum Gasteiger partial charge on any atom is -0.497 e. The molecular formula is C31H38ClN3O5S. The number of benzene rings is 3. The molecule has 0 aliphatic rings. The Morgan fingerprint density at radius 1 is 0.976 bits per heavy atom. The van der Waals surface area contributed by atoms with Crippen LogP contribution in [0.2, 0.25) is 5.02 Å². The minimum atomic E-state index is -4.17. The highest BCUT2D eigenvalue weighted by Crippen LogP contribution is 2.30. The van der Waals surface area contributed by atoms with Gasteiger partial charge in [-0.15, -0.1) is 0 Å². The average molecular weight is 600 g/mol. The molecule has 2 unspecified atom stereocenters. The van der Waals surface area contributed by atoms with Gasteiger partial charge in [-0.3, -0.25) is 13.9 Å². The summed E-state index contributed by atoms with van der Waals surface area (Å²) < 4.78 is 34.4. The number of nitrogens with zero attached hydrogens (tertiary/aromatic N) is 2. The number of hydrogen-bond donors (Lipinski definition) is 1. The highest BCUT2D eigenvalue weighted by atomic mass is 35.5. The van der Waals surface area contributed by atoms with Crippen molar-refractivity contribution in [3.05, 3.63) is 88.9 Å². The van der Waals surface area contributed by atoms with Crippen molar-refractivity contribution < 1.29 is 22.7 Å². The molecule has 0 fully saturated rings. The van der Waals surface area contributed by atoms with Gasteiger partial charge in [0.05, 0.1) is 17.7 Å². The Balaban J connectivity index is 2.10. The molecule has 0 heterocycles. The Kier molecular flexibility index (Phi) is 11.2. The quantitative estimate of drug-likeness (QED) is 0.277. The second kappa shape index (κ2) is 14.4. The van der Waals surface area contributed by atoms with E-state index in [9.17, 15) is 18.0 Å². The van der Waals surface area contributed by atoms with E-state index in [0.29, 0.717) is 22.8 Å². The van der Waals surface area contributed by atoms with Gasteiger partial charge in [0.1, 0.15) is 18.3 Å². The van der Waals surface area contributed by atoms with Crippen molar-refractivity contribution in [2.75, 3.05) is 18.0 Å². The molecule has 3 rings (SSSR count). The molecule has 0 aromatic heterocycles. The zero-order chi connectivity index (χ0) is 30.2. The lowest BCUT2D eigenvalue weighted by Crippen LogP contribution is -2.53. The van der Waals surface area contributed by atoms with Gasteiger partial charge in [-0.1, -0.05) is 61.8 Å². The molecule has 0 bridgehead atoms. The number of aryl methyl sites for hydroxylation is 1. The SMILES string of the molecule is CCC(C)NC(=O)C(CC)N(Cc1cccc(OC)c1)C(=O)CN(c1cc(Cl)ccc1C)S(=O)(=O)c1ccccc1. The Labute approximate surface area is 248 Å². The van der Waals surface area contributed by atoms with Crippen molar-refractivity contribution in [1.29, 1.82) is 0 Å². The molecule has 3 aromatic carbocycles. The third-order valence-corrected chi connectivity index (χ3v) is 8.93. The second-order valence-electron chi connectivity index (χ2n) is 9.87. The normalized spacial score (nSPS) is 12.7. The van der Waals surface area contributed by atoms with E-state index in [1.807, 2.05) is 26.8 Å². The molecule has 0 spiro atoms. The first-order valence-corrected chi connectivity index (χ1v) is 15.4. The lowest BCUT2D eigenvalue weighted by Gasteiger charge is -2.34. The Hall–Kier alpha value is -3.56. The predicted molar refractivity (Wildman–Crippen MR) is 163 cm³/mol. The summed E-state index contributed by atoms with van der Waals surface area (Å²) in [5.41, 5.74) is 1.65. The number of sulfonamides is 1. The maximum Gasteiger partial charge on any atom is 0.264 e. The van der Waals surface area contributed by atoms with E-state index in [1.165, 1.54) is 23.1 Å².